The van der Waals surface area contributed by atoms with Crippen molar-refractivity contribution in [2.24, 2.45) is 0 Å². The Kier molecular flexibility index (Phi) is 13.0. The standard InChI is InChI=1S/C15H32O/c1-3-5-7-8-9-10-11-12-14-15(16)13-6-4-2/h15-16H,3-14H2,1-2H3. The van der Waals surface area contributed by atoms with E-state index in [1.54, 1.807) is 0 Å². The molecule has 1 atom stereocenters. The molecule has 1 nitrogen and oxygen atoms in total. The minimum atomic E-state index is -0.0277. The molecule has 16 heavy (non-hydrogen) atoms. The number of unbranched alkanes of at least 4 members (excludes halogenated alkanes) is 8. The summed E-state index contributed by atoms with van der Waals surface area (Å²) in [5, 5.41) is 9.65. The summed E-state index contributed by atoms with van der Waals surface area (Å²) >= 11 is 0. The van der Waals surface area contributed by atoms with Crippen molar-refractivity contribution in [1.82, 2.24) is 0 Å². The molecule has 0 aromatic carbocycles. The van der Waals surface area contributed by atoms with Gasteiger partial charge in [0.25, 0.3) is 0 Å². The van der Waals surface area contributed by atoms with E-state index in [0.717, 1.165) is 12.8 Å². The Labute approximate surface area is 103 Å². The maximum atomic E-state index is 9.65. The first kappa shape index (κ1) is 16.0. The van der Waals surface area contributed by atoms with Gasteiger partial charge in [-0.05, 0) is 12.8 Å². The highest BCUT2D eigenvalue weighted by Crippen LogP contribution is 2.12. The van der Waals surface area contributed by atoms with Gasteiger partial charge in [0, 0.05) is 0 Å². The molecule has 98 valence electrons. The van der Waals surface area contributed by atoms with E-state index in [1.807, 2.05) is 0 Å². The number of aliphatic hydroxyl groups is 1. The zero-order valence-corrected chi connectivity index (χ0v) is 11.5. The van der Waals surface area contributed by atoms with E-state index in [9.17, 15) is 5.11 Å². The normalized spacial score (nSPS) is 12.9. The quantitative estimate of drug-likeness (QED) is 0.462. The van der Waals surface area contributed by atoms with Crippen LogP contribution in [0.15, 0.2) is 0 Å². The fraction of sp³-hybridized carbons (Fsp3) is 1.00. The highest BCUT2D eigenvalue weighted by molar-refractivity contribution is 4.56. The van der Waals surface area contributed by atoms with Crippen molar-refractivity contribution in [2.75, 3.05) is 0 Å². The Morgan fingerprint density at radius 3 is 1.62 bits per heavy atom. The van der Waals surface area contributed by atoms with Gasteiger partial charge in [0.2, 0.25) is 0 Å². The van der Waals surface area contributed by atoms with Crippen LogP contribution in [0.1, 0.15) is 90.9 Å². The van der Waals surface area contributed by atoms with E-state index in [4.69, 9.17) is 0 Å². The third kappa shape index (κ3) is 12.0. The highest BCUT2D eigenvalue weighted by atomic mass is 16.3. The average molecular weight is 228 g/mol. The molecule has 0 aromatic rings. The Hall–Kier alpha value is -0.0400. The van der Waals surface area contributed by atoms with Crippen LogP contribution in [0.5, 0.6) is 0 Å². The molecule has 0 aliphatic rings. The Morgan fingerprint density at radius 1 is 0.625 bits per heavy atom. The largest absolute Gasteiger partial charge is 0.393 e. The molecule has 0 aliphatic heterocycles. The second kappa shape index (κ2) is 13.0. The summed E-state index contributed by atoms with van der Waals surface area (Å²) < 4.78 is 0. The molecule has 1 N–H and O–H groups in total. The van der Waals surface area contributed by atoms with E-state index in [0.29, 0.717) is 0 Å². The summed E-state index contributed by atoms with van der Waals surface area (Å²) in [6.07, 6.45) is 15.2. The maximum Gasteiger partial charge on any atom is 0.0540 e. The van der Waals surface area contributed by atoms with Crippen molar-refractivity contribution < 1.29 is 5.11 Å². The predicted octanol–water partition coefficient (Wildman–Crippen LogP) is 5.07. The van der Waals surface area contributed by atoms with Gasteiger partial charge in [-0.1, -0.05) is 78.1 Å². The summed E-state index contributed by atoms with van der Waals surface area (Å²) in [5.74, 6) is 0. The molecule has 1 unspecified atom stereocenters. The summed E-state index contributed by atoms with van der Waals surface area (Å²) in [7, 11) is 0. The van der Waals surface area contributed by atoms with Crippen LogP contribution < -0.4 is 0 Å². The zero-order valence-electron chi connectivity index (χ0n) is 11.5. The maximum absolute atomic E-state index is 9.65. The van der Waals surface area contributed by atoms with E-state index < -0.39 is 0 Å². The molecule has 0 amide bonds. The molecule has 0 radical (unpaired) electrons. The Bertz CT molecular complexity index is 123. The van der Waals surface area contributed by atoms with Crippen molar-refractivity contribution >= 4 is 0 Å². The van der Waals surface area contributed by atoms with Gasteiger partial charge in [-0.25, -0.2) is 0 Å². The van der Waals surface area contributed by atoms with Crippen LogP contribution in [0.25, 0.3) is 0 Å². The summed E-state index contributed by atoms with van der Waals surface area (Å²) in [5.41, 5.74) is 0. The van der Waals surface area contributed by atoms with E-state index in [-0.39, 0.29) is 6.10 Å². The topological polar surface area (TPSA) is 20.2 Å². The van der Waals surface area contributed by atoms with Crippen LogP contribution in [0.2, 0.25) is 0 Å². The second-order valence-electron chi connectivity index (χ2n) is 5.06. The molecule has 0 aliphatic carbocycles. The van der Waals surface area contributed by atoms with Crippen LogP contribution in [-0.4, -0.2) is 11.2 Å². The van der Waals surface area contributed by atoms with Gasteiger partial charge in [-0.15, -0.1) is 0 Å². The third-order valence-corrected chi connectivity index (χ3v) is 3.28. The smallest absolute Gasteiger partial charge is 0.0540 e. The molecule has 0 saturated carbocycles. The average Bonchev–Trinajstić information content (AvgIpc) is 2.30. The zero-order chi connectivity index (χ0) is 12.1. The first-order chi connectivity index (χ1) is 7.81. The first-order valence-electron chi connectivity index (χ1n) is 7.49. The number of hydrogen-bond acceptors (Lipinski definition) is 1. The van der Waals surface area contributed by atoms with E-state index >= 15 is 0 Å². The lowest BCUT2D eigenvalue weighted by Gasteiger charge is -2.09. The Morgan fingerprint density at radius 2 is 1.06 bits per heavy atom. The molecular weight excluding hydrogens is 196 g/mol. The van der Waals surface area contributed by atoms with E-state index in [1.165, 1.54) is 64.2 Å². The lowest BCUT2D eigenvalue weighted by molar-refractivity contribution is 0.148. The number of aliphatic hydroxyl groups excluding tert-OH is 1. The fourth-order valence-electron chi connectivity index (χ4n) is 2.10. The van der Waals surface area contributed by atoms with Crippen LogP contribution in [-0.2, 0) is 0 Å². The molecule has 0 bridgehead atoms. The fourth-order valence-corrected chi connectivity index (χ4v) is 2.10. The van der Waals surface area contributed by atoms with Crippen LogP contribution in [0.3, 0.4) is 0 Å². The second-order valence-corrected chi connectivity index (χ2v) is 5.06. The van der Waals surface area contributed by atoms with Gasteiger partial charge >= 0.3 is 0 Å². The van der Waals surface area contributed by atoms with Crippen LogP contribution in [0.4, 0.5) is 0 Å². The molecule has 1 heteroatoms. The minimum Gasteiger partial charge on any atom is -0.393 e. The summed E-state index contributed by atoms with van der Waals surface area (Å²) in [6.45, 7) is 4.45. The highest BCUT2D eigenvalue weighted by Gasteiger charge is 2.02. The SMILES string of the molecule is CCCCCCCCCCC(O)CCCC. The lowest BCUT2D eigenvalue weighted by atomic mass is 10.0. The molecule has 0 saturated heterocycles. The Balaban J connectivity index is 3.02. The molecule has 0 heterocycles. The molecular formula is C15H32O. The van der Waals surface area contributed by atoms with Gasteiger partial charge in [0.1, 0.15) is 0 Å². The van der Waals surface area contributed by atoms with Crippen molar-refractivity contribution in [2.45, 2.75) is 97.0 Å². The summed E-state index contributed by atoms with van der Waals surface area (Å²) in [4.78, 5) is 0. The van der Waals surface area contributed by atoms with E-state index in [2.05, 4.69) is 13.8 Å². The number of rotatable bonds is 12. The van der Waals surface area contributed by atoms with Crippen molar-refractivity contribution in [3.8, 4) is 0 Å². The van der Waals surface area contributed by atoms with Crippen LogP contribution >= 0.6 is 0 Å². The third-order valence-electron chi connectivity index (χ3n) is 3.28. The van der Waals surface area contributed by atoms with Crippen molar-refractivity contribution in [3.63, 3.8) is 0 Å². The lowest BCUT2D eigenvalue weighted by Crippen LogP contribution is -2.05. The molecule has 0 aromatic heterocycles. The summed E-state index contributed by atoms with van der Waals surface area (Å²) in [6, 6.07) is 0. The van der Waals surface area contributed by atoms with Crippen molar-refractivity contribution in [1.29, 1.82) is 0 Å². The predicted molar refractivity (Wildman–Crippen MR) is 72.8 cm³/mol. The van der Waals surface area contributed by atoms with Gasteiger partial charge < -0.3 is 5.11 Å². The van der Waals surface area contributed by atoms with Gasteiger partial charge in [0.15, 0.2) is 0 Å². The van der Waals surface area contributed by atoms with Gasteiger partial charge in [-0.3, -0.25) is 0 Å². The van der Waals surface area contributed by atoms with Gasteiger partial charge in [-0.2, -0.15) is 0 Å². The minimum absolute atomic E-state index is 0.0277. The monoisotopic (exact) mass is 228 g/mol. The molecule has 0 rings (SSSR count). The molecule has 0 fully saturated rings. The molecule has 0 spiro atoms. The van der Waals surface area contributed by atoms with Crippen molar-refractivity contribution in [3.05, 3.63) is 0 Å². The first-order valence-corrected chi connectivity index (χ1v) is 7.49. The number of hydrogen-bond donors (Lipinski definition) is 1. The van der Waals surface area contributed by atoms with Crippen LogP contribution in [0, 0.1) is 0 Å². The van der Waals surface area contributed by atoms with Gasteiger partial charge in [0.05, 0.1) is 6.10 Å².